The summed E-state index contributed by atoms with van der Waals surface area (Å²) in [6.07, 6.45) is 7.76. The van der Waals surface area contributed by atoms with Crippen LogP contribution in [0.5, 0.6) is 0 Å². The average Bonchev–Trinajstić information content (AvgIpc) is 2.66. The quantitative estimate of drug-likeness (QED) is 0.134. The number of ether oxygens (including phenoxy) is 3. The third-order valence-electron chi connectivity index (χ3n) is 4.32. The van der Waals surface area contributed by atoms with Crippen molar-refractivity contribution in [1.29, 1.82) is 0 Å². The van der Waals surface area contributed by atoms with Crippen LogP contribution in [0.4, 0.5) is 4.79 Å². The lowest BCUT2D eigenvalue weighted by Gasteiger charge is -2.24. The van der Waals surface area contributed by atoms with E-state index in [2.05, 4.69) is 11.7 Å². The number of quaternary nitrogens is 1. The maximum atomic E-state index is 12.0. The molecule has 0 aliphatic carbocycles. The van der Waals surface area contributed by atoms with Crippen LogP contribution in [-0.4, -0.2) is 82.9 Å². The van der Waals surface area contributed by atoms with Crippen molar-refractivity contribution < 1.29 is 42.0 Å². The summed E-state index contributed by atoms with van der Waals surface area (Å²) in [5.41, 5.74) is 0. The van der Waals surface area contributed by atoms with Gasteiger partial charge in [0, 0.05) is 6.61 Å². The Morgan fingerprint density at radius 2 is 1.53 bits per heavy atom. The van der Waals surface area contributed by atoms with Crippen molar-refractivity contribution in [2.45, 2.75) is 64.4 Å². The van der Waals surface area contributed by atoms with Gasteiger partial charge in [0.25, 0.3) is 0 Å². The van der Waals surface area contributed by atoms with Crippen LogP contribution in [0, 0.1) is 0 Å². The van der Waals surface area contributed by atoms with Gasteiger partial charge in [-0.1, -0.05) is 51.9 Å². The zero-order valence-corrected chi connectivity index (χ0v) is 20.4. The van der Waals surface area contributed by atoms with E-state index >= 15 is 0 Å². The predicted molar refractivity (Wildman–Crippen MR) is 115 cm³/mol. The fourth-order valence-corrected chi connectivity index (χ4v) is 3.24. The molecule has 1 N–H and O–H groups in total. The van der Waals surface area contributed by atoms with Gasteiger partial charge in [-0.05, 0) is 6.42 Å². The summed E-state index contributed by atoms with van der Waals surface area (Å²) in [7, 11) is 2.76. The van der Waals surface area contributed by atoms with E-state index in [1.54, 1.807) is 0 Å². The number of carbonyl (C=O) groups excluding carboxylic acids is 1. The lowest BCUT2D eigenvalue weighted by atomic mass is 10.1. The average molecular weight is 457 g/mol. The van der Waals surface area contributed by atoms with E-state index in [1.165, 1.54) is 45.6 Å². The highest BCUT2D eigenvalue weighted by Crippen LogP contribution is 2.43. The number of hydrogen-bond acceptors (Lipinski definition) is 7. The standard InChI is InChI=1S/C20H42NO8P/c1-6-7-8-9-10-11-12-13-15-26-17-19(29-20(22)25-5)18-28-30(23,24)27-16-14-21(2,3)4/h19H,6-18H2,1-5H3/p+1. The molecule has 0 aliphatic heterocycles. The van der Waals surface area contributed by atoms with Gasteiger partial charge < -0.3 is 23.6 Å². The number of hydrogen-bond donors (Lipinski definition) is 1. The molecule has 0 aromatic heterocycles. The first-order chi connectivity index (χ1) is 14.1. The van der Waals surface area contributed by atoms with Crippen molar-refractivity contribution in [2.24, 2.45) is 0 Å². The van der Waals surface area contributed by atoms with Gasteiger partial charge in [0.05, 0.1) is 41.5 Å². The molecule has 10 heteroatoms. The Morgan fingerprint density at radius 1 is 0.933 bits per heavy atom. The highest BCUT2D eigenvalue weighted by molar-refractivity contribution is 7.47. The number of carbonyl (C=O) groups is 1. The van der Waals surface area contributed by atoms with Crippen LogP contribution >= 0.6 is 7.82 Å². The Morgan fingerprint density at radius 3 is 2.10 bits per heavy atom. The third-order valence-corrected chi connectivity index (χ3v) is 5.30. The zero-order valence-electron chi connectivity index (χ0n) is 19.5. The van der Waals surface area contributed by atoms with Crippen LogP contribution in [0.1, 0.15) is 58.3 Å². The van der Waals surface area contributed by atoms with Gasteiger partial charge in [0.1, 0.15) is 13.2 Å². The van der Waals surface area contributed by atoms with Gasteiger partial charge in [0.2, 0.25) is 0 Å². The van der Waals surface area contributed by atoms with Crippen LogP contribution in [-0.2, 0) is 27.8 Å². The first-order valence-corrected chi connectivity index (χ1v) is 12.3. The number of nitrogens with zero attached hydrogens (tertiary/aromatic N) is 1. The molecule has 0 saturated heterocycles. The number of methoxy groups -OCH3 is 1. The molecule has 9 nitrogen and oxygen atoms in total. The van der Waals surface area contributed by atoms with E-state index in [-0.39, 0.29) is 19.8 Å². The van der Waals surface area contributed by atoms with Gasteiger partial charge >= 0.3 is 14.0 Å². The Labute approximate surface area is 182 Å². The first kappa shape index (κ1) is 29.3. The zero-order chi connectivity index (χ0) is 22.9. The van der Waals surface area contributed by atoms with Gasteiger partial charge in [-0.3, -0.25) is 9.05 Å². The molecule has 0 fully saturated rings. The molecule has 180 valence electrons. The van der Waals surface area contributed by atoms with Crippen molar-refractivity contribution in [3.05, 3.63) is 0 Å². The van der Waals surface area contributed by atoms with Crippen LogP contribution in [0.2, 0.25) is 0 Å². The molecule has 0 bridgehead atoms. The molecule has 0 heterocycles. The summed E-state index contributed by atoms with van der Waals surface area (Å²) in [6.45, 7) is 3.05. The maximum Gasteiger partial charge on any atom is 0.508 e. The Hall–Kier alpha value is -0.700. The Balaban J connectivity index is 4.13. The number of phosphoric ester groups is 1. The minimum atomic E-state index is -4.25. The Kier molecular flexibility index (Phi) is 16.5. The van der Waals surface area contributed by atoms with Gasteiger partial charge in [-0.2, -0.15) is 0 Å². The van der Waals surface area contributed by atoms with Crippen molar-refractivity contribution in [3.8, 4) is 0 Å². The van der Waals surface area contributed by atoms with E-state index in [0.29, 0.717) is 17.6 Å². The number of rotatable bonds is 19. The molecule has 0 amide bonds. The molecular weight excluding hydrogens is 413 g/mol. The van der Waals surface area contributed by atoms with Gasteiger partial charge in [-0.25, -0.2) is 9.36 Å². The molecule has 0 aromatic rings. The highest BCUT2D eigenvalue weighted by Gasteiger charge is 2.26. The summed E-state index contributed by atoms with van der Waals surface area (Å²) in [4.78, 5) is 21.2. The molecule has 0 aliphatic rings. The van der Waals surface area contributed by atoms with Crippen LogP contribution in [0.15, 0.2) is 0 Å². The molecular formula is C20H43NO8P+. The second kappa shape index (κ2) is 16.9. The second-order valence-electron chi connectivity index (χ2n) is 8.36. The highest BCUT2D eigenvalue weighted by atomic mass is 31.2. The van der Waals surface area contributed by atoms with E-state index < -0.39 is 20.1 Å². The summed E-state index contributed by atoms with van der Waals surface area (Å²) in [5, 5.41) is 0. The summed E-state index contributed by atoms with van der Waals surface area (Å²) in [5.74, 6) is 0. The lowest BCUT2D eigenvalue weighted by Crippen LogP contribution is -2.37. The number of unbranched alkanes of at least 4 members (excludes halogenated alkanes) is 7. The second-order valence-corrected chi connectivity index (χ2v) is 9.81. The molecule has 30 heavy (non-hydrogen) atoms. The molecule has 0 aromatic carbocycles. The normalized spacial score (nSPS) is 14.9. The minimum absolute atomic E-state index is 0.0461. The molecule has 0 radical (unpaired) electrons. The van der Waals surface area contributed by atoms with Crippen LogP contribution in [0.25, 0.3) is 0 Å². The monoisotopic (exact) mass is 456 g/mol. The lowest BCUT2D eigenvalue weighted by molar-refractivity contribution is -0.870. The van der Waals surface area contributed by atoms with Gasteiger partial charge in [0.15, 0.2) is 6.10 Å². The van der Waals surface area contributed by atoms with E-state index in [1.807, 2.05) is 21.1 Å². The predicted octanol–water partition coefficient (Wildman–Crippen LogP) is 4.14. The van der Waals surface area contributed by atoms with Crippen LogP contribution in [0.3, 0.4) is 0 Å². The number of likely N-dealkylation sites (N-methyl/N-ethyl adjacent to an activating group) is 1. The molecule has 0 saturated carbocycles. The van der Waals surface area contributed by atoms with Crippen molar-refractivity contribution in [3.63, 3.8) is 0 Å². The van der Waals surface area contributed by atoms with E-state index in [9.17, 15) is 14.3 Å². The fourth-order valence-electron chi connectivity index (χ4n) is 2.50. The molecule has 0 spiro atoms. The third kappa shape index (κ3) is 19.3. The van der Waals surface area contributed by atoms with E-state index in [0.717, 1.165) is 12.8 Å². The van der Waals surface area contributed by atoms with Crippen molar-refractivity contribution in [1.82, 2.24) is 0 Å². The maximum absolute atomic E-state index is 12.0. The summed E-state index contributed by atoms with van der Waals surface area (Å²) < 4.78 is 37.6. The van der Waals surface area contributed by atoms with Gasteiger partial charge in [-0.15, -0.1) is 0 Å². The first-order valence-electron chi connectivity index (χ1n) is 10.8. The SMILES string of the molecule is CCCCCCCCCCOCC(COP(=O)(O)OCC[N+](C)(C)C)OC(=O)OC. The largest absolute Gasteiger partial charge is 0.508 e. The smallest absolute Gasteiger partial charge is 0.438 e. The molecule has 2 atom stereocenters. The fraction of sp³-hybridized carbons (Fsp3) is 0.950. The molecule has 2 unspecified atom stereocenters. The summed E-state index contributed by atoms with van der Waals surface area (Å²) >= 11 is 0. The molecule has 0 rings (SSSR count). The minimum Gasteiger partial charge on any atom is -0.438 e. The van der Waals surface area contributed by atoms with Crippen molar-refractivity contribution >= 4 is 14.0 Å². The van der Waals surface area contributed by atoms with E-state index in [4.69, 9.17) is 18.5 Å². The Bertz CT molecular complexity index is 484. The summed E-state index contributed by atoms with van der Waals surface area (Å²) in [6, 6.07) is 0. The van der Waals surface area contributed by atoms with Crippen LogP contribution < -0.4 is 0 Å². The number of phosphoric acid groups is 1. The topological polar surface area (TPSA) is 101 Å². The van der Waals surface area contributed by atoms with Crippen molar-refractivity contribution in [2.75, 3.05) is 61.2 Å².